The molecule has 40 heavy (non-hydrogen) atoms. The number of nitrogens with zero attached hydrogens (tertiary/aromatic N) is 2. The van der Waals surface area contributed by atoms with Crippen LogP contribution in [0.2, 0.25) is 0 Å². The van der Waals surface area contributed by atoms with E-state index in [1.807, 2.05) is 67.6 Å². The fourth-order valence-electron chi connectivity index (χ4n) is 4.48. The van der Waals surface area contributed by atoms with Gasteiger partial charge in [-0.15, -0.1) is 0 Å². The van der Waals surface area contributed by atoms with Crippen LogP contribution in [-0.2, 0) is 32.6 Å². The minimum absolute atomic E-state index is 0.0131. The molecule has 214 valence electrons. The molecule has 1 atom stereocenters. The number of rotatable bonds is 15. The van der Waals surface area contributed by atoms with Crippen molar-refractivity contribution in [2.75, 3.05) is 23.7 Å². The standard InChI is InChI=1S/C31H38FN3O4S/c1-3-4-21-33-31(37)29(23-25-14-7-5-8-15-25)34(24-26-16-9-6-10-17-26)30(36)20-13-22-35(40(2,38)39)28-19-12-11-18-27(28)32/h5-12,14-19,29H,3-4,13,20-24H2,1-2H3,(H,33,37). The molecule has 7 nitrogen and oxygen atoms in total. The van der Waals surface area contributed by atoms with Crippen molar-refractivity contribution in [3.05, 3.63) is 102 Å². The van der Waals surface area contributed by atoms with Crippen LogP contribution >= 0.6 is 0 Å². The third-order valence-corrected chi connectivity index (χ3v) is 7.75. The van der Waals surface area contributed by atoms with Crippen molar-refractivity contribution >= 4 is 27.5 Å². The molecular formula is C31H38FN3O4S. The van der Waals surface area contributed by atoms with E-state index in [2.05, 4.69) is 5.32 Å². The Morgan fingerprint density at radius 2 is 1.48 bits per heavy atom. The normalized spacial score (nSPS) is 12.0. The fraction of sp³-hybridized carbons (Fsp3) is 0.355. The molecule has 9 heteroatoms. The van der Waals surface area contributed by atoms with Gasteiger partial charge in [-0.1, -0.05) is 86.1 Å². The van der Waals surface area contributed by atoms with E-state index in [9.17, 15) is 22.4 Å². The molecule has 2 amide bonds. The molecule has 0 spiro atoms. The summed E-state index contributed by atoms with van der Waals surface area (Å²) in [5, 5.41) is 2.98. The van der Waals surface area contributed by atoms with Crippen molar-refractivity contribution in [1.82, 2.24) is 10.2 Å². The summed E-state index contributed by atoms with van der Waals surface area (Å²) in [6, 6.07) is 23.9. The zero-order valence-electron chi connectivity index (χ0n) is 23.1. The summed E-state index contributed by atoms with van der Waals surface area (Å²) >= 11 is 0. The molecule has 0 bridgehead atoms. The first kappa shape index (κ1) is 30.8. The van der Waals surface area contributed by atoms with E-state index in [-0.39, 0.29) is 43.4 Å². The molecule has 3 aromatic carbocycles. The number of carbonyl (C=O) groups excluding carboxylic acids is 2. The molecule has 0 saturated heterocycles. The highest BCUT2D eigenvalue weighted by Crippen LogP contribution is 2.23. The Hall–Kier alpha value is -3.72. The van der Waals surface area contributed by atoms with E-state index in [4.69, 9.17) is 0 Å². The summed E-state index contributed by atoms with van der Waals surface area (Å²) in [7, 11) is -3.79. The van der Waals surface area contributed by atoms with Crippen LogP contribution in [0.1, 0.15) is 43.7 Å². The molecule has 0 aliphatic heterocycles. The van der Waals surface area contributed by atoms with Gasteiger partial charge in [0.15, 0.2) is 0 Å². The van der Waals surface area contributed by atoms with Crippen molar-refractivity contribution < 1.29 is 22.4 Å². The summed E-state index contributed by atoms with van der Waals surface area (Å²) in [5.41, 5.74) is 1.74. The van der Waals surface area contributed by atoms with Gasteiger partial charge < -0.3 is 10.2 Å². The summed E-state index contributed by atoms with van der Waals surface area (Å²) < 4.78 is 40.4. The summed E-state index contributed by atoms with van der Waals surface area (Å²) in [5.74, 6) is -1.17. The lowest BCUT2D eigenvalue weighted by Crippen LogP contribution is -2.50. The summed E-state index contributed by atoms with van der Waals surface area (Å²) in [6.45, 7) is 2.71. The highest BCUT2D eigenvalue weighted by atomic mass is 32.2. The molecule has 0 aliphatic carbocycles. The third kappa shape index (κ3) is 9.19. The Labute approximate surface area is 237 Å². The first-order valence-corrected chi connectivity index (χ1v) is 15.4. The Morgan fingerprint density at radius 1 is 0.875 bits per heavy atom. The van der Waals surface area contributed by atoms with Gasteiger partial charge >= 0.3 is 0 Å². The number of nitrogens with one attached hydrogen (secondary N) is 1. The quantitative estimate of drug-likeness (QED) is 0.264. The highest BCUT2D eigenvalue weighted by Gasteiger charge is 2.30. The summed E-state index contributed by atoms with van der Waals surface area (Å²) in [6.07, 6.45) is 3.24. The number of carbonyl (C=O) groups is 2. The van der Waals surface area contributed by atoms with Crippen LogP contribution in [0.5, 0.6) is 0 Å². The maximum atomic E-state index is 14.4. The van der Waals surface area contributed by atoms with Crippen LogP contribution in [0.3, 0.4) is 0 Å². The zero-order valence-corrected chi connectivity index (χ0v) is 23.9. The van der Waals surface area contributed by atoms with Crippen LogP contribution < -0.4 is 9.62 Å². The van der Waals surface area contributed by atoms with Gasteiger partial charge in [-0.2, -0.15) is 0 Å². The Balaban J connectivity index is 1.85. The van der Waals surface area contributed by atoms with Crippen LogP contribution in [0.25, 0.3) is 0 Å². The molecule has 0 aliphatic rings. The largest absolute Gasteiger partial charge is 0.354 e. The Kier molecular flexibility index (Phi) is 11.7. The first-order chi connectivity index (χ1) is 19.2. The van der Waals surface area contributed by atoms with Crippen LogP contribution in [0, 0.1) is 5.82 Å². The number of benzene rings is 3. The molecule has 0 saturated carbocycles. The second-order valence-corrected chi connectivity index (χ2v) is 11.7. The number of sulfonamides is 1. The average molecular weight is 568 g/mol. The Morgan fingerprint density at radius 3 is 2.08 bits per heavy atom. The van der Waals surface area contributed by atoms with E-state index in [0.717, 1.165) is 34.5 Å². The van der Waals surface area contributed by atoms with Crippen LogP contribution in [-0.4, -0.2) is 50.5 Å². The van der Waals surface area contributed by atoms with Gasteiger partial charge in [0.25, 0.3) is 0 Å². The van der Waals surface area contributed by atoms with Crippen molar-refractivity contribution in [1.29, 1.82) is 0 Å². The number of para-hydroxylation sites is 1. The van der Waals surface area contributed by atoms with Crippen LogP contribution in [0.15, 0.2) is 84.9 Å². The minimum atomic E-state index is -3.79. The lowest BCUT2D eigenvalue weighted by atomic mass is 10.0. The van der Waals surface area contributed by atoms with Crippen molar-refractivity contribution in [3.8, 4) is 0 Å². The lowest BCUT2D eigenvalue weighted by Gasteiger charge is -2.32. The predicted octanol–water partition coefficient (Wildman–Crippen LogP) is 4.93. The maximum Gasteiger partial charge on any atom is 0.243 e. The number of unbranched alkanes of at least 4 members (excludes halogenated alkanes) is 1. The van der Waals surface area contributed by atoms with E-state index in [1.54, 1.807) is 11.0 Å². The van der Waals surface area contributed by atoms with Gasteiger partial charge in [0, 0.05) is 32.5 Å². The van der Waals surface area contributed by atoms with E-state index in [1.165, 1.54) is 18.2 Å². The molecule has 3 rings (SSSR count). The smallest absolute Gasteiger partial charge is 0.243 e. The number of anilines is 1. The summed E-state index contributed by atoms with van der Waals surface area (Å²) in [4.78, 5) is 28.8. The van der Waals surface area contributed by atoms with E-state index < -0.39 is 21.9 Å². The molecule has 0 aromatic heterocycles. The van der Waals surface area contributed by atoms with Gasteiger partial charge in [0.2, 0.25) is 21.8 Å². The SMILES string of the molecule is CCCCNC(=O)C(Cc1ccccc1)N(Cc1ccccc1)C(=O)CCCN(c1ccccc1F)S(C)(=O)=O. The van der Waals surface area contributed by atoms with Crippen LogP contribution in [0.4, 0.5) is 10.1 Å². The van der Waals surface area contributed by atoms with Gasteiger partial charge in [-0.05, 0) is 36.1 Å². The molecular weight excluding hydrogens is 529 g/mol. The highest BCUT2D eigenvalue weighted by molar-refractivity contribution is 7.92. The lowest BCUT2D eigenvalue weighted by molar-refractivity contribution is -0.141. The molecule has 3 aromatic rings. The minimum Gasteiger partial charge on any atom is -0.354 e. The van der Waals surface area contributed by atoms with Gasteiger partial charge in [0.1, 0.15) is 11.9 Å². The van der Waals surface area contributed by atoms with Crippen molar-refractivity contribution in [2.45, 2.75) is 51.6 Å². The molecule has 1 unspecified atom stereocenters. The Bertz CT molecular complexity index is 1340. The second-order valence-electron chi connectivity index (χ2n) is 9.75. The molecule has 1 N–H and O–H groups in total. The first-order valence-electron chi connectivity index (χ1n) is 13.6. The molecule has 0 fully saturated rings. The topological polar surface area (TPSA) is 86.8 Å². The van der Waals surface area contributed by atoms with Crippen molar-refractivity contribution in [3.63, 3.8) is 0 Å². The molecule has 0 heterocycles. The number of halogens is 1. The van der Waals surface area contributed by atoms with Crippen molar-refractivity contribution in [2.24, 2.45) is 0 Å². The predicted molar refractivity (Wildman–Crippen MR) is 157 cm³/mol. The number of hydrogen-bond acceptors (Lipinski definition) is 4. The number of amides is 2. The molecule has 0 radical (unpaired) electrons. The maximum absolute atomic E-state index is 14.4. The monoisotopic (exact) mass is 567 g/mol. The van der Waals surface area contributed by atoms with Gasteiger partial charge in [-0.25, -0.2) is 12.8 Å². The third-order valence-electron chi connectivity index (χ3n) is 6.57. The zero-order chi connectivity index (χ0) is 29.0. The van der Waals surface area contributed by atoms with E-state index >= 15 is 0 Å². The fourth-order valence-corrected chi connectivity index (χ4v) is 5.44. The van der Waals surface area contributed by atoms with E-state index in [0.29, 0.717) is 13.0 Å². The van der Waals surface area contributed by atoms with Gasteiger partial charge in [-0.3, -0.25) is 13.9 Å². The number of hydrogen-bond donors (Lipinski definition) is 1. The van der Waals surface area contributed by atoms with Gasteiger partial charge in [0.05, 0.1) is 11.9 Å². The average Bonchev–Trinajstić information content (AvgIpc) is 2.94. The second kappa shape index (κ2) is 15.2.